The van der Waals surface area contributed by atoms with Crippen LogP contribution < -0.4 is 19.5 Å². The van der Waals surface area contributed by atoms with Crippen molar-refractivity contribution in [2.24, 2.45) is 5.92 Å². The number of aromatic nitrogens is 1. The SMILES string of the molecule is C=CC1CC1(NC(=O)[C@@H]1C[C@@H](Oc2nccc3cccc(OC)c23)CN1C(=O)OC(C)(C)C)C(=O)NS(=O)(=O)C1CC1. The van der Waals surface area contributed by atoms with E-state index in [4.69, 9.17) is 14.2 Å². The Morgan fingerprint density at radius 3 is 2.55 bits per heavy atom. The molecule has 2 saturated carbocycles. The zero-order valence-electron chi connectivity index (χ0n) is 24.1. The summed E-state index contributed by atoms with van der Waals surface area (Å²) in [5.74, 6) is -1.06. The molecule has 42 heavy (non-hydrogen) atoms. The number of carbonyl (C=O) groups is 3. The van der Waals surface area contributed by atoms with Gasteiger partial charge in [-0.2, -0.15) is 0 Å². The Balaban J connectivity index is 1.39. The number of sulfonamides is 1. The summed E-state index contributed by atoms with van der Waals surface area (Å²) in [6.07, 6.45) is 2.98. The maximum absolute atomic E-state index is 13.8. The molecule has 3 fully saturated rings. The van der Waals surface area contributed by atoms with Gasteiger partial charge in [-0.15, -0.1) is 6.58 Å². The molecule has 0 radical (unpaired) electrons. The number of methoxy groups -OCH3 is 1. The predicted molar refractivity (Wildman–Crippen MR) is 153 cm³/mol. The molecule has 1 aromatic heterocycles. The number of hydrogen-bond acceptors (Lipinski definition) is 9. The number of carbonyl (C=O) groups excluding carboxylic acids is 3. The number of ether oxygens (including phenoxy) is 3. The second-order valence-corrected chi connectivity index (χ2v) is 13.9. The van der Waals surface area contributed by atoms with E-state index in [0.29, 0.717) is 24.0 Å². The van der Waals surface area contributed by atoms with Crippen LogP contribution in [0.5, 0.6) is 11.6 Å². The quantitative estimate of drug-likeness (QED) is 0.414. The van der Waals surface area contributed by atoms with Crippen LogP contribution >= 0.6 is 0 Å². The summed E-state index contributed by atoms with van der Waals surface area (Å²) in [6.45, 7) is 8.89. The number of nitrogens with zero attached hydrogens (tertiary/aromatic N) is 2. The molecule has 2 N–H and O–H groups in total. The highest BCUT2D eigenvalue weighted by atomic mass is 32.2. The van der Waals surface area contributed by atoms with Crippen LogP contribution in [0.25, 0.3) is 10.8 Å². The number of hydrogen-bond donors (Lipinski definition) is 2. The molecule has 2 aliphatic carbocycles. The van der Waals surface area contributed by atoms with Crippen LogP contribution in [0.4, 0.5) is 4.79 Å². The molecule has 2 heterocycles. The largest absolute Gasteiger partial charge is 0.496 e. The lowest BCUT2D eigenvalue weighted by molar-refractivity contribution is -0.131. The first kappa shape index (κ1) is 29.6. The van der Waals surface area contributed by atoms with Gasteiger partial charge in [-0.05, 0) is 57.6 Å². The van der Waals surface area contributed by atoms with Gasteiger partial charge in [0.15, 0.2) is 0 Å². The molecule has 2 aromatic rings. The molecule has 1 aliphatic heterocycles. The molecule has 226 valence electrons. The number of benzene rings is 1. The van der Waals surface area contributed by atoms with Crippen molar-refractivity contribution in [3.8, 4) is 11.6 Å². The molecule has 1 saturated heterocycles. The summed E-state index contributed by atoms with van der Waals surface area (Å²) in [5.41, 5.74) is -2.31. The van der Waals surface area contributed by atoms with E-state index in [2.05, 4.69) is 21.6 Å². The van der Waals surface area contributed by atoms with Gasteiger partial charge < -0.3 is 19.5 Å². The fraction of sp³-hybridized carbons (Fsp3) is 0.517. The van der Waals surface area contributed by atoms with Crippen molar-refractivity contribution in [2.75, 3.05) is 13.7 Å². The minimum atomic E-state index is -3.83. The third kappa shape index (κ3) is 5.87. The van der Waals surface area contributed by atoms with Gasteiger partial charge in [0, 0.05) is 18.5 Å². The molecule has 3 amide bonds. The lowest BCUT2D eigenvalue weighted by Crippen LogP contribution is -2.56. The van der Waals surface area contributed by atoms with E-state index in [0.717, 1.165) is 5.39 Å². The van der Waals surface area contributed by atoms with Crippen LogP contribution in [0.2, 0.25) is 0 Å². The Hall–Kier alpha value is -3.87. The molecule has 1 aromatic carbocycles. The Morgan fingerprint density at radius 2 is 1.93 bits per heavy atom. The van der Waals surface area contributed by atoms with E-state index in [1.807, 2.05) is 18.2 Å². The number of fused-ring (bicyclic) bond motifs is 1. The summed E-state index contributed by atoms with van der Waals surface area (Å²) in [5, 5.41) is 3.63. The van der Waals surface area contributed by atoms with Gasteiger partial charge in [0.25, 0.3) is 5.91 Å². The van der Waals surface area contributed by atoms with Gasteiger partial charge in [0.05, 0.1) is 24.3 Å². The third-order valence-corrected chi connectivity index (χ3v) is 9.48. The minimum Gasteiger partial charge on any atom is -0.496 e. The lowest BCUT2D eigenvalue weighted by atomic mass is 10.1. The molecule has 4 atom stereocenters. The maximum Gasteiger partial charge on any atom is 0.411 e. The molecule has 12 nitrogen and oxygen atoms in total. The molecular formula is C29H36N4O8S. The van der Waals surface area contributed by atoms with Crippen molar-refractivity contribution in [1.82, 2.24) is 19.9 Å². The molecule has 3 aliphatic rings. The van der Waals surface area contributed by atoms with Crippen LogP contribution in [0.3, 0.4) is 0 Å². The Kier molecular flexibility index (Phi) is 7.58. The van der Waals surface area contributed by atoms with Crippen LogP contribution in [-0.2, 0) is 24.3 Å². The second-order valence-electron chi connectivity index (χ2n) is 12.0. The van der Waals surface area contributed by atoms with Gasteiger partial charge >= 0.3 is 6.09 Å². The average molecular weight is 601 g/mol. The van der Waals surface area contributed by atoms with Gasteiger partial charge in [-0.3, -0.25) is 19.2 Å². The molecule has 5 rings (SSSR count). The van der Waals surface area contributed by atoms with E-state index >= 15 is 0 Å². The first-order valence-electron chi connectivity index (χ1n) is 13.9. The van der Waals surface area contributed by atoms with Crippen LogP contribution in [0.15, 0.2) is 43.1 Å². The van der Waals surface area contributed by atoms with Crippen molar-refractivity contribution in [3.63, 3.8) is 0 Å². The molecule has 0 bridgehead atoms. The Bertz CT molecular complexity index is 1530. The first-order chi connectivity index (χ1) is 19.8. The van der Waals surface area contributed by atoms with Gasteiger partial charge in [-0.25, -0.2) is 18.2 Å². The van der Waals surface area contributed by atoms with Gasteiger partial charge in [0.2, 0.25) is 21.8 Å². The zero-order valence-corrected chi connectivity index (χ0v) is 24.9. The smallest absolute Gasteiger partial charge is 0.411 e. The average Bonchev–Trinajstić information content (AvgIpc) is 3.84. The number of amides is 3. The van der Waals surface area contributed by atoms with Gasteiger partial charge in [0.1, 0.15) is 29.0 Å². The topological polar surface area (TPSA) is 153 Å². The summed E-state index contributed by atoms with van der Waals surface area (Å²) in [7, 11) is -2.29. The number of rotatable bonds is 9. The van der Waals surface area contributed by atoms with E-state index in [1.54, 1.807) is 40.1 Å². The van der Waals surface area contributed by atoms with Crippen molar-refractivity contribution in [2.45, 2.75) is 75.0 Å². The van der Waals surface area contributed by atoms with Crippen LogP contribution in [0, 0.1) is 5.92 Å². The van der Waals surface area contributed by atoms with E-state index in [9.17, 15) is 22.8 Å². The maximum atomic E-state index is 13.8. The highest BCUT2D eigenvalue weighted by molar-refractivity contribution is 7.91. The van der Waals surface area contributed by atoms with Crippen molar-refractivity contribution < 1.29 is 37.0 Å². The minimum absolute atomic E-state index is 0.0142. The number of pyridine rings is 1. The molecule has 0 spiro atoms. The fourth-order valence-electron chi connectivity index (χ4n) is 5.26. The molecule has 13 heteroatoms. The predicted octanol–water partition coefficient (Wildman–Crippen LogP) is 2.67. The van der Waals surface area contributed by atoms with E-state index in [1.165, 1.54) is 11.0 Å². The monoisotopic (exact) mass is 600 g/mol. The second kappa shape index (κ2) is 10.8. The van der Waals surface area contributed by atoms with E-state index in [-0.39, 0.29) is 25.3 Å². The normalized spacial score (nSPS) is 25.4. The summed E-state index contributed by atoms with van der Waals surface area (Å²) >= 11 is 0. The Morgan fingerprint density at radius 1 is 1.19 bits per heavy atom. The summed E-state index contributed by atoms with van der Waals surface area (Å²) < 4.78 is 44.4. The van der Waals surface area contributed by atoms with Gasteiger partial charge in [-0.1, -0.05) is 18.2 Å². The van der Waals surface area contributed by atoms with Crippen molar-refractivity contribution in [3.05, 3.63) is 43.1 Å². The first-order valence-corrected chi connectivity index (χ1v) is 15.4. The summed E-state index contributed by atoms with van der Waals surface area (Å²) in [6, 6.07) is 6.29. The molecule has 2 unspecified atom stereocenters. The van der Waals surface area contributed by atoms with Crippen LogP contribution in [0.1, 0.15) is 46.5 Å². The van der Waals surface area contributed by atoms with Crippen LogP contribution in [-0.4, -0.2) is 78.4 Å². The van der Waals surface area contributed by atoms with E-state index < -0.39 is 62.4 Å². The fourth-order valence-corrected chi connectivity index (χ4v) is 6.62. The van der Waals surface area contributed by atoms with Crippen molar-refractivity contribution in [1.29, 1.82) is 0 Å². The third-order valence-electron chi connectivity index (χ3n) is 7.66. The zero-order chi connectivity index (χ0) is 30.4. The highest BCUT2D eigenvalue weighted by Crippen LogP contribution is 2.45. The van der Waals surface area contributed by atoms with Crippen molar-refractivity contribution >= 4 is 38.7 Å². The summed E-state index contributed by atoms with van der Waals surface area (Å²) in [4.78, 5) is 45.8. The highest BCUT2D eigenvalue weighted by Gasteiger charge is 2.62. The number of likely N-dealkylation sites (tertiary alicyclic amines) is 1. The number of nitrogens with one attached hydrogen (secondary N) is 2. The standard InChI is InChI=1S/C29H36N4O8S/c1-6-18-15-29(18,26(35)32-42(37,38)20-10-11-20)31-24(34)21-14-19(16-33(21)27(36)41-28(2,3)4)40-25-23-17(12-13-30-25)8-7-9-22(23)39-5/h6-9,12-13,18-21H,1,10-11,14-16H2,2-5H3,(H,31,34)(H,32,35)/t18?,19-,21+,29?/m1/s1. The molecular weight excluding hydrogens is 564 g/mol. The Labute approximate surface area is 244 Å². The lowest BCUT2D eigenvalue weighted by Gasteiger charge is -2.29.